The summed E-state index contributed by atoms with van der Waals surface area (Å²) < 4.78 is 0. The van der Waals surface area contributed by atoms with E-state index in [0.29, 0.717) is 5.92 Å². The Morgan fingerprint density at radius 1 is 1.39 bits per heavy atom. The highest BCUT2D eigenvalue weighted by Crippen LogP contribution is 2.20. The Bertz CT molecular complexity index is 450. The van der Waals surface area contributed by atoms with Gasteiger partial charge in [0.1, 0.15) is 0 Å². The number of nitrogens with zero attached hydrogens (tertiary/aromatic N) is 2. The van der Waals surface area contributed by atoms with Gasteiger partial charge in [-0.1, -0.05) is 19.9 Å². The molecular weight excluding hydrogens is 304 g/mol. The number of guanidine groups is 1. The Morgan fingerprint density at radius 2 is 2.17 bits per heavy atom. The van der Waals surface area contributed by atoms with Crippen LogP contribution in [0.3, 0.4) is 0 Å². The van der Waals surface area contributed by atoms with Crippen molar-refractivity contribution in [1.29, 1.82) is 0 Å². The summed E-state index contributed by atoms with van der Waals surface area (Å²) in [5, 5.41) is 9.06. The molecule has 1 aromatic rings. The predicted octanol–water partition coefficient (Wildman–Crippen LogP) is 3.14. The second-order valence-electron chi connectivity index (χ2n) is 6.46. The number of nitrogens with one attached hydrogen (secondary N) is 2. The Balaban J connectivity index is 1.62. The van der Waals surface area contributed by atoms with Gasteiger partial charge in [0.25, 0.3) is 0 Å². The Morgan fingerprint density at radius 3 is 2.78 bits per heavy atom. The molecule has 1 fully saturated rings. The molecule has 0 amide bonds. The third-order valence-electron chi connectivity index (χ3n) is 4.83. The summed E-state index contributed by atoms with van der Waals surface area (Å²) in [4.78, 5) is 8.32. The summed E-state index contributed by atoms with van der Waals surface area (Å²) in [6, 6.07) is 4.32. The van der Waals surface area contributed by atoms with Crippen LogP contribution in [0.15, 0.2) is 22.5 Å². The summed E-state index contributed by atoms with van der Waals surface area (Å²) in [6.45, 7) is 10.2. The summed E-state index contributed by atoms with van der Waals surface area (Å²) in [5.74, 6) is 2.32. The van der Waals surface area contributed by atoms with Crippen LogP contribution < -0.4 is 10.6 Å². The van der Waals surface area contributed by atoms with Gasteiger partial charge in [-0.15, -0.1) is 11.3 Å². The number of rotatable bonds is 7. The lowest BCUT2D eigenvalue weighted by Crippen LogP contribution is -2.40. The molecule has 1 saturated heterocycles. The zero-order valence-electron chi connectivity index (χ0n) is 14.8. The zero-order chi connectivity index (χ0) is 16.5. The van der Waals surface area contributed by atoms with Gasteiger partial charge < -0.3 is 15.5 Å². The number of piperidine rings is 1. The minimum absolute atomic E-state index is 0.520. The number of hydrogen-bond donors (Lipinski definition) is 2. The molecule has 1 aliphatic heterocycles. The van der Waals surface area contributed by atoms with Crippen molar-refractivity contribution in [1.82, 2.24) is 15.5 Å². The predicted molar refractivity (Wildman–Crippen MR) is 102 cm³/mol. The first kappa shape index (κ1) is 18.3. The molecule has 2 N–H and O–H groups in total. The third kappa shape index (κ3) is 6.15. The monoisotopic (exact) mass is 336 g/mol. The first-order valence-electron chi connectivity index (χ1n) is 8.93. The molecule has 0 spiro atoms. The van der Waals surface area contributed by atoms with Gasteiger partial charge in [-0.25, -0.2) is 0 Å². The highest BCUT2D eigenvalue weighted by molar-refractivity contribution is 7.10. The lowest BCUT2D eigenvalue weighted by Gasteiger charge is -2.31. The van der Waals surface area contributed by atoms with Gasteiger partial charge in [0.2, 0.25) is 0 Å². The summed E-state index contributed by atoms with van der Waals surface area (Å²) in [6.07, 6.45) is 3.94. The molecule has 4 nitrogen and oxygen atoms in total. The van der Waals surface area contributed by atoms with Crippen molar-refractivity contribution < 1.29 is 0 Å². The third-order valence-corrected chi connectivity index (χ3v) is 5.93. The zero-order valence-corrected chi connectivity index (χ0v) is 15.7. The van der Waals surface area contributed by atoms with Gasteiger partial charge in [-0.2, -0.15) is 0 Å². The average molecular weight is 337 g/mol. The van der Waals surface area contributed by atoms with Crippen LogP contribution in [0, 0.1) is 5.92 Å². The van der Waals surface area contributed by atoms with E-state index in [0.717, 1.165) is 25.0 Å². The van der Waals surface area contributed by atoms with Crippen LogP contribution in [0.1, 0.15) is 43.9 Å². The molecule has 2 heterocycles. The summed E-state index contributed by atoms with van der Waals surface area (Å²) >= 11 is 1.82. The summed E-state index contributed by atoms with van der Waals surface area (Å²) in [7, 11) is 1.85. The van der Waals surface area contributed by atoms with Gasteiger partial charge in [0, 0.05) is 30.9 Å². The van der Waals surface area contributed by atoms with Crippen molar-refractivity contribution in [3.63, 3.8) is 0 Å². The molecule has 1 aromatic heterocycles. The normalized spacial score (nSPS) is 18.8. The van der Waals surface area contributed by atoms with Crippen LogP contribution in [0.4, 0.5) is 0 Å². The van der Waals surface area contributed by atoms with Crippen LogP contribution in [-0.4, -0.2) is 50.6 Å². The molecule has 0 saturated carbocycles. The number of hydrogen-bond acceptors (Lipinski definition) is 3. The second kappa shape index (κ2) is 9.93. The number of aliphatic imine (C=N–C) groups is 1. The quantitative estimate of drug-likeness (QED) is 0.593. The molecule has 0 aromatic carbocycles. The van der Waals surface area contributed by atoms with E-state index in [-0.39, 0.29) is 0 Å². The Kier molecular flexibility index (Phi) is 7.89. The fourth-order valence-corrected chi connectivity index (χ4v) is 3.92. The van der Waals surface area contributed by atoms with Crippen LogP contribution in [0.2, 0.25) is 0 Å². The van der Waals surface area contributed by atoms with E-state index in [4.69, 9.17) is 0 Å². The van der Waals surface area contributed by atoms with Gasteiger partial charge in [0.15, 0.2) is 5.96 Å². The van der Waals surface area contributed by atoms with E-state index in [9.17, 15) is 0 Å². The topological polar surface area (TPSA) is 39.7 Å². The molecular formula is C18H32N4S. The van der Waals surface area contributed by atoms with Crippen LogP contribution in [0.25, 0.3) is 0 Å². The van der Waals surface area contributed by atoms with E-state index in [2.05, 4.69) is 51.9 Å². The van der Waals surface area contributed by atoms with Crippen molar-refractivity contribution >= 4 is 17.3 Å². The molecule has 1 atom stereocenters. The molecule has 130 valence electrons. The molecule has 1 aliphatic rings. The molecule has 0 radical (unpaired) electrons. The largest absolute Gasteiger partial charge is 0.356 e. The minimum atomic E-state index is 0.520. The molecule has 2 rings (SSSR count). The standard InChI is InChI=1S/C18H32N4S/c1-4-22-11-8-16(9-12-22)7-10-20-18(19-3)21-14-15(2)17-6-5-13-23-17/h5-6,13,15-16H,4,7-12,14H2,1-3H3,(H2,19,20,21). The maximum Gasteiger partial charge on any atom is 0.190 e. The van der Waals surface area contributed by atoms with Crippen LogP contribution in [-0.2, 0) is 0 Å². The van der Waals surface area contributed by atoms with E-state index in [1.165, 1.54) is 43.8 Å². The van der Waals surface area contributed by atoms with Crippen LogP contribution in [0.5, 0.6) is 0 Å². The lowest BCUT2D eigenvalue weighted by atomic mass is 9.93. The van der Waals surface area contributed by atoms with Gasteiger partial charge in [-0.05, 0) is 56.3 Å². The molecule has 23 heavy (non-hydrogen) atoms. The smallest absolute Gasteiger partial charge is 0.190 e. The fraction of sp³-hybridized carbons (Fsp3) is 0.722. The first-order chi connectivity index (χ1) is 11.2. The van der Waals surface area contributed by atoms with Crippen molar-refractivity contribution in [2.75, 3.05) is 39.8 Å². The van der Waals surface area contributed by atoms with Gasteiger partial charge in [0.05, 0.1) is 0 Å². The highest BCUT2D eigenvalue weighted by atomic mass is 32.1. The molecule has 0 aliphatic carbocycles. The lowest BCUT2D eigenvalue weighted by molar-refractivity contribution is 0.187. The van der Waals surface area contributed by atoms with E-state index in [1.54, 1.807) is 0 Å². The second-order valence-corrected chi connectivity index (χ2v) is 7.44. The highest BCUT2D eigenvalue weighted by Gasteiger charge is 2.17. The molecule has 5 heteroatoms. The first-order valence-corrected chi connectivity index (χ1v) is 9.81. The number of thiophene rings is 1. The van der Waals surface area contributed by atoms with Crippen LogP contribution >= 0.6 is 11.3 Å². The summed E-state index contributed by atoms with van der Waals surface area (Å²) in [5.41, 5.74) is 0. The van der Waals surface area contributed by atoms with E-state index in [1.807, 2.05) is 18.4 Å². The van der Waals surface area contributed by atoms with Gasteiger partial charge in [-0.3, -0.25) is 4.99 Å². The maximum atomic E-state index is 4.34. The van der Waals surface area contributed by atoms with E-state index < -0.39 is 0 Å². The van der Waals surface area contributed by atoms with Gasteiger partial charge >= 0.3 is 0 Å². The maximum absolute atomic E-state index is 4.34. The van der Waals surface area contributed by atoms with Crippen molar-refractivity contribution in [3.8, 4) is 0 Å². The van der Waals surface area contributed by atoms with Crippen molar-refractivity contribution in [2.45, 2.75) is 39.0 Å². The molecule has 1 unspecified atom stereocenters. The van der Waals surface area contributed by atoms with Crippen molar-refractivity contribution in [3.05, 3.63) is 22.4 Å². The SMILES string of the molecule is CCN1CCC(CCNC(=NC)NCC(C)c2cccs2)CC1. The molecule has 0 bridgehead atoms. The fourth-order valence-electron chi connectivity index (χ4n) is 3.13. The minimum Gasteiger partial charge on any atom is -0.356 e. The average Bonchev–Trinajstić information content (AvgIpc) is 3.13. The van der Waals surface area contributed by atoms with Crippen molar-refractivity contribution in [2.24, 2.45) is 10.9 Å². The number of likely N-dealkylation sites (tertiary alicyclic amines) is 1. The van der Waals surface area contributed by atoms with E-state index >= 15 is 0 Å². The Labute approximate surface area is 145 Å². The Hall–Kier alpha value is -1.07.